The lowest BCUT2D eigenvalue weighted by atomic mass is 9.52. The van der Waals surface area contributed by atoms with Crippen molar-refractivity contribution in [2.24, 2.45) is 0 Å². The van der Waals surface area contributed by atoms with Crippen molar-refractivity contribution in [1.82, 2.24) is 5.32 Å². The summed E-state index contributed by atoms with van der Waals surface area (Å²) < 4.78 is 11.6. The molecule has 1 aromatic rings. The van der Waals surface area contributed by atoms with Gasteiger partial charge in [-0.15, -0.1) is 0 Å². The lowest BCUT2D eigenvalue weighted by Crippen LogP contribution is -2.70. The highest BCUT2D eigenvalue weighted by Gasteiger charge is 2.69. The summed E-state index contributed by atoms with van der Waals surface area (Å²) in [6, 6.07) is 3.75. The zero-order chi connectivity index (χ0) is 17.1. The van der Waals surface area contributed by atoms with Crippen LogP contribution in [0.25, 0.3) is 0 Å². The molecule has 1 heterocycles. The third-order valence-electron chi connectivity index (χ3n) is 5.98. The summed E-state index contributed by atoms with van der Waals surface area (Å²) in [6.45, 7) is 2.07. The predicted octanol–water partition coefficient (Wildman–Crippen LogP) is 1.51. The molecule has 0 unspecified atom stereocenters. The molecule has 5 heteroatoms. The van der Waals surface area contributed by atoms with Gasteiger partial charge in [-0.3, -0.25) is 4.79 Å². The van der Waals surface area contributed by atoms with Gasteiger partial charge < -0.3 is 19.9 Å². The number of benzene rings is 1. The van der Waals surface area contributed by atoms with Gasteiger partial charge in [0.25, 0.3) is 0 Å². The topological polar surface area (TPSA) is 67.8 Å². The van der Waals surface area contributed by atoms with Crippen LogP contribution in [-0.4, -0.2) is 42.8 Å². The number of likely N-dealkylation sites (N-methyl/N-ethyl adjacent to an activating group) is 1. The third kappa shape index (κ3) is 1.59. The van der Waals surface area contributed by atoms with Gasteiger partial charge in [0, 0.05) is 11.6 Å². The SMILES string of the molecule is CCC[C@]12c3c4ccc(OC)c3O[C@H]1C(=O)C=C[C@@]2(O)[C@H](NC)C4. The van der Waals surface area contributed by atoms with Crippen molar-refractivity contribution < 1.29 is 19.4 Å². The highest BCUT2D eigenvalue weighted by atomic mass is 16.5. The van der Waals surface area contributed by atoms with Gasteiger partial charge in [-0.05, 0) is 43.7 Å². The fourth-order valence-corrected chi connectivity index (χ4v) is 5.02. The molecule has 0 saturated carbocycles. The van der Waals surface area contributed by atoms with Crippen LogP contribution < -0.4 is 14.8 Å². The molecule has 0 spiro atoms. The van der Waals surface area contributed by atoms with Crippen LogP contribution >= 0.6 is 0 Å². The van der Waals surface area contributed by atoms with Crippen molar-refractivity contribution in [3.05, 3.63) is 35.4 Å². The Labute approximate surface area is 141 Å². The maximum atomic E-state index is 12.7. The molecular formula is C19H23NO4. The summed E-state index contributed by atoms with van der Waals surface area (Å²) >= 11 is 0. The van der Waals surface area contributed by atoms with Crippen LogP contribution in [0.15, 0.2) is 24.3 Å². The quantitative estimate of drug-likeness (QED) is 0.876. The summed E-state index contributed by atoms with van der Waals surface area (Å²) in [7, 11) is 3.45. The first kappa shape index (κ1) is 15.7. The van der Waals surface area contributed by atoms with Gasteiger partial charge in [-0.25, -0.2) is 0 Å². The molecule has 4 rings (SSSR count). The number of ether oxygens (including phenoxy) is 2. The third-order valence-corrected chi connectivity index (χ3v) is 5.98. The molecule has 1 aromatic carbocycles. The van der Waals surface area contributed by atoms with Crippen LogP contribution in [0.5, 0.6) is 11.5 Å². The number of carbonyl (C=O) groups excluding carboxylic acids is 1. The van der Waals surface area contributed by atoms with Crippen LogP contribution in [0.1, 0.15) is 30.9 Å². The number of methoxy groups -OCH3 is 1. The Morgan fingerprint density at radius 1 is 1.46 bits per heavy atom. The van der Waals surface area contributed by atoms with Gasteiger partial charge in [0.05, 0.1) is 12.5 Å². The summed E-state index contributed by atoms with van der Waals surface area (Å²) in [6.07, 6.45) is 4.66. The van der Waals surface area contributed by atoms with Gasteiger partial charge in [-0.1, -0.05) is 19.4 Å². The zero-order valence-electron chi connectivity index (χ0n) is 14.3. The normalized spacial score (nSPS) is 35.6. The fraction of sp³-hybridized carbons (Fsp3) is 0.526. The molecule has 5 nitrogen and oxygen atoms in total. The second-order valence-electron chi connectivity index (χ2n) is 6.96. The van der Waals surface area contributed by atoms with Crippen LogP contribution in [-0.2, 0) is 16.6 Å². The molecule has 0 saturated heterocycles. The van der Waals surface area contributed by atoms with E-state index >= 15 is 0 Å². The van der Waals surface area contributed by atoms with Gasteiger partial charge in [-0.2, -0.15) is 0 Å². The molecule has 2 N–H and O–H groups in total. The number of nitrogens with one attached hydrogen (secondary N) is 1. The van der Waals surface area contributed by atoms with Crippen LogP contribution in [0.2, 0.25) is 0 Å². The molecule has 24 heavy (non-hydrogen) atoms. The van der Waals surface area contributed by atoms with E-state index in [4.69, 9.17) is 9.47 Å². The van der Waals surface area contributed by atoms with Crippen LogP contribution in [0.3, 0.4) is 0 Å². The van der Waals surface area contributed by atoms with Crippen molar-refractivity contribution in [2.45, 2.75) is 49.3 Å². The smallest absolute Gasteiger partial charge is 0.196 e. The number of rotatable bonds is 4. The van der Waals surface area contributed by atoms with Crippen LogP contribution in [0.4, 0.5) is 0 Å². The molecule has 0 radical (unpaired) electrons. The lowest BCUT2D eigenvalue weighted by molar-refractivity contribution is -0.135. The van der Waals surface area contributed by atoms with E-state index in [1.165, 1.54) is 6.08 Å². The van der Waals surface area contributed by atoms with E-state index in [1.807, 2.05) is 19.2 Å². The van der Waals surface area contributed by atoms with Crippen molar-refractivity contribution in [2.75, 3.05) is 14.2 Å². The van der Waals surface area contributed by atoms with Gasteiger partial charge in [0.15, 0.2) is 23.4 Å². The summed E-state index contributed by atoms with van der Waals surface area (Å²) in [5.74, 6) is 1.16. The molecule has 0 fully saturated rings. The van der Waals surface area contributed by atoms with Crippen molar-refractivity contribution in [3.8, 4) is 11.5 Å². The minimum atomic E-state index is -1.17. The van der Waals surface area contributed by atoms with E-state index in [2.05, 4.69) is 12.2 Å². The second-order valence-corrected chi connectivity index (χ2v) is 6.96. The molecule has 0 bridgehead atoms. The predicted molar refractivity (Wildman–Crippen MR) is 89.6 cm³/mol. The van der Waals surface area contributed by atoms with Crippen molar-refractivity contribution in [1.29, 1.82) is 0 Å². The fourth-order valence-electron chi connectivity index (χ4n) is 5.02. The number of hydrogen-bond donors (Lipinski definition) is 2. The minimum absolute atomic E-state index is 0.0888. The molecule has 1 aliphatic heterocycles. The van der Waals surface area contributed by atoms with E-state index in [-0.39, 0.29) is 11.8 Å². The average molecular weight is 329 g/mol. The number of aliphatic hydroxyl groups is 1. The number of carbonyl (C=O) groups is 1. The summed E-state index contributed by atoms with van der Waals surface area (Å²) in [5, 5.41) is 15.0. The van der Waals surface area contributed by atoms with Crippen molar-refractivity contribution >= 4 is 5.78 Å². The van der Waals surface area contributed by atoms with E-state index in [9.17, 15) is 9.90 Å². The van der Waals surface area contributed by atoms with Crippen molar-refractivity contribution in [3.63, 3.8) is 0 Å². The lowest BCUT2D eigenvalue weighted by Gasteiger charge is -2.54. The second kappa shape index (κ2) is 5.07. The molecular weight excluding hydrogens is 306 g/mol. The number of ketones is 1. The molecule has 0 aromatic heterocycles. The number of hydrogen-bond acceptors (Lipinski definition) is 5. The first-order valence-electron chi connectivity index (χ1n) is 8.53. The highest BCUT2D eigenvalue weighted by molar-refractivity contribution is 5.98. The van der Waals surface area contributed by atoms with Gasteiger partial charge in [0.1, 0.15) is 5.60 Å². The van der Waals surface area contributed by atoms with E-state index in [0.717, 1.165) is 17.5 Å². The maximum absolute atomic E-state index is 12.7. The monoisotopic (exact) mass is 329 g/mol. The Morgan fingerprint density at radius 3 is 2.92 bits per heavy atom. The summed E-state index contributed by atoms with van der Waals surface area (Å²) in [5.41, 5.74) is 0.147. The minimum Gasteiger partial charge on any atom is -0.493 e. The van der Waals surface area contributed by atoms with Gasteiger partial charge in [0.2, 0.25) is 0 Å². The molecule has 2 aliphatic carbocycles. The first-order valence-corrected chi connectivity index (χ1v) is 8.53. The van der Waals surface area contributed by atoms with E-state index < -0.39 is 17.1 Å². The van der Waals surface area contributed by atoms with E-state index in [0.29, 0.717) is 24.3 Å². The Kier molecular flexibility index (Phi) is 3.31. The van der Waals surface area contributed by atoms with E-state index in [1.54, 1.807) is 13.2 Å². The molecule has 4 atom stereocenters. The Hall–Kier alpha value is -1.85. The molecule has 128 valence electrons. The highest BCUT2D eigenvalue weighted by Crippen LogP contribution is 2.61. The van der Waals surface area contributed by atoms with Crippen LogP contribution in [0, 0.1) is 0 Å². The Balaban J connectivity index is 2.08. The summed E-state index contributed by atoms with van der Waals surface area (Å²) in [4.78, 5) is 12.7. The largest absolute Gasteiger partial charge is 0.493 e. The van der Waals surface area contributed by atoms with Gasteiger partial charge >= 0.3 is 0 Å². The first-order chi connectivity index (χ1) is 11.5. The standard InChI is InChI=1S/C19H23NO4/c1-4-8-18-15-11-5-6-13(23-3)16(15)24-17(18)12(21)7-9-19(18,22)14(10-11)20-2/h5-7,9,14,17,20,22H,4,8,10H2,1-3H3/t14-,17+,18+,19-/m1/s1. The Morgan fingerprint density at radius 2 is 2.25 bits per heavy atom. The molecule has 0 amide bonds. The Bertz CT molecular complexity index is 743. The zero-order valence-corrected chi connectivity index (χ0v) is 14.3. The molecule has 3 aliphatic rings. The maximum Gasteiger partial charge on any atom is 0.196 e. The average Bonchev–Trinajstić information content (AvgIpc) is 2.94.